The Hall–Kier alpha value is -1.18. The van der Waals surface area contributed by atoms with Crippen molar-refractivity contribution in [3.8, 4) is 11.5 Å². The first-order valence-electron chi connectivity index (χ1n) is 5.44. The second-order valence-electron chi connectivity index (χ2n) is 3.20. The van der Waals surface area contributed by atoms with E-state index in [0.717, 1.165) is 23.5 Å². The fourth-order valence-corrected chi connectivity index (χ4v) is 1.28. The van der Waals surface area contributed by atoms with Gasteiger partial charge in [0, 0.05) is 5.56 Å². The van der Waals surface area contributed by atoms with Gasteiger partial charge in [-0.2, -0.15) is 0 Å². The molecular weight excluding hydrogens is 188 g/mol. The molecule has 0 aromatic heterocycles. The Labute approximate surface area is 93.2 Å². The summed E-state index contributed by atoms with van der Waals surface area (Å²) in [5, 5.41) is 0. The number of benzene rings is 1. The first-order chi connectivity index (χ1) is 7.24. The van der Waals surface area contributed by atoms with Crippen LogP contribution < -0.4 is 9.47 Å². The minimum atomic E-state index is 0.900. The van der Waals surface area contributed by atoms with E-state index in [1.165, 1.54) is 6.42 Å². The lowest BCUT2D eigenvalue weighted by atomic mass is 10.1. The molecule has 0 saturated heterocycles. The second kappa shape index (κ2) is 8.16. The van der Waals surface area contributed by atoms with Crippen LogP contribution in [0.25, 0.3) is 0 Å². The van der Waals surface area contributed by atoms with Gasteiger partial charge in [-0.15, -0.1) is 0 Å². The largest absolute Gasteiger partial charge is 0.496 e. The molecule has 0 bridgehead atoms. The average Bonchev–Trinajstić information content (AvgIpc) is 2.28. The Kier molecular flexibility index (Phi) is 7.51. The van der Waals surface area contributed by atoms with E-state index < -0.39 is 0 Å². The minimum Gasteiger partial charge on any atom is -0.496 e. The molecule has 0 aliphatic heterocycles. The number of ether oxygens (including phenoxy) is 2. The van der Waals surface area contributed by atoms with Crippen molar-refractivity contribution in [3.05, 3.63) is 23.8 Å². The molecule has 0 heterocycles. The van der Waals surface area contributed by atoms with Crippen molar-refractivity contribution >= 4 is 0 Å². The van der Waals surface area contributed by atoms with Gasteiger partial charge in [-0.05, 0) is 18.6 Å². The summed E-state index contributed by atoms with van der Waals surface area (Å²) in [7, 11) is 3.35. The zero-order valence-corrected chi connectivity index (χ0v) is 10.5. The molecule has 0 spiro atoms. The van der Waals surface area contributed by atoms with Gasteiger partial charge in [-0.1, -0.05) is 33.3 Å². The van der Waals surface area contributed by atoms with E-state index in [4.69, 9.17) is 9.47 Å². The van der Waals surface area contributed by atoms with E-state index in [1.807, 2.05) is 18.2 Å². The molecule has 0 atom stereocenters. The highest BCUT2D eigenvalue weighted by Crippen LogP contribution is 2.28. The number of rotatable bonds is 3. The van der Waals surface area contributed by atoms with Gasteiger partial charge in [0.1, 0.15) is 11.5 Å². The first kappa shape index (κ1) is 13.8. The van der Waals surface area contributed by atoms with Crippen molar-refractivity contribution in [3.63, 3.8) is 0 Å². The normalized spacial score (nSPS) is 8.87. The van der Waals surface area contributed by atoms with Crippen LogP contribution in [0.2, 0.25) is 0 Å². The van der Waals surface area contributed by atoms with Gasteiger partial charge in [0.05, 0.1) is 14.2 Å². The van der Waals surface area contributed by atoms with Crippen molar-refractivity contribution in [2.24, 2.45) is 0 Å². The summed E-state index contributed by atoms with van der Waals surface area (Å²) in [4.78, 5) is 0. The van der Waals surface area contributed by atoms with Crippen molar-refractivity contribution < 1.29 is 9.47 Å². The molecule has 0 radical (unpaired) electrons. The highest BCUT2D eigenvalue weighted by Gasteiger charge is 2.05. The van der Waals surface area contributed by atoms with Crippen LogP contribution >= 0.6 is 0 Å². The summed E-state index contributed by atoms with van der Waals surface area (Å²) < 4.78 is 10.4. The molecule has 2 heteroatoms. The smallest absolute Gasteiger partial charge is 0.125 e. The molecule has 0 N–H and O–H groups in total. The topological polar surface area (TPSA) is 18.5 Å². The van der Waals surface area contributed by atoms with Crippen LogP contribution in [0.3, 0.4) is 0 Å². The molecule has 0 amide bonds. The van der Waals surface area contributed by atoms with Crippen LogP contribution in [0.15, 0.2) is 18.2 Å². The fraction of sp³-hybridized carbons (Fsp3) is 0.538. The van der Waals surface area contributed by atoms with Crippen LogP contribution in [0.1, 0.15) is 32.8 Å². The van der Waals surface area contributed by atoms with Crippen LogP contribution in [-0.2, 0) is 6.42 Å². The van der Waals surface area contributed by atoms with Gasteiger partial charge in [0.15, 0.2) is 0 Å². The van der Waals surface area contributed by atoms with Gasteiger partial charge in [0.2, 0.25) is 0 Å². The van der Waals surface area contributed by atoms with Crippen LogP contribution in [-0.4, -0.2) is 14.2 Å². The van der Waals surface area contributed by atoms with E-state index in [2.05, 4.69) is 20.8 Å². The zero-order chi connectivity index (χ0) is 11.7. The number of hydrogen-bond donors (Lipinski definition) is 0. The maximum atomic E-state index is 5.20. The molecule has 0 saturated carbocycles. The van der Waals surface area contributed by atoms with Crippen LogP contribution in [0, 0.1) is 0 Å². The van der Waals surface area contributed by atoms with Crippen molar-refractivity contribution in [1.29, 1.82) is 0 Å². The summed E-state index contributed by atoms with van der Waals surface area (Å²) in [6, 6.07) is 5.82. The monoisotopic (exact) mass is 210 g/mol. The van der Waals surface area contributed by atoms with Crippen LogP contribution in [0.5, 0.6) is 11.5 Å². The summed E-state index contributed by atoms with van der Waals surface area (Å²) in [6.45, 7) is 6.33. The Morgan fingerprint density at radius 1 is 0.933 bits per heavy atom. The molecule has 1 aromatic carbocycles. The molecular formula is C13H22O2. The van der Waals surface area contributed by atoms with E-state index in [9.17, 15) is 0 Å². The maximum Gasteiger partial charge on any atom is 0.125 e. The van der Waals surface area contributed by atoms with E-state index in [0.29, 0.717) is 0 Å². The van der Waals surface area contributed by atoms with E-state index in [-0.39, 0.29) is 0 Å². The predicted octanol–water partition coefficient (Wildman–Crippen LogP) is 3.68. The Balaban J connectivity index is 0.000000583. The highest BCUT2D eigenvalue weighted by atomic mass is 16.5. The standard InChI is InChI=1S/C10H14O2.C3H8/c1-4-8-9(11-2)6-5-7-10(8)12-3;1-3-2/h5-7H,4H2,1-3H3;3H2,1-2H3. The molecule has 15 heavy (non-hydrogen) atoms. The molecule has 0 aliphatic rings. The molecule has 0 fully saturated rings. The zero-order valence-electron chi connectivity index (χ0n) is 10.5. The van der Waals surface area contributed by atoms with E-state index >= 15 is 0 Å². The molecule has 1 aromatic rings. The van der Waals surface area contributed by atoms with Crippen molar-refractivity contribution in [2.45, 2.75) is 33.6 Å². The van der Waals surface area contributed by atoms with Crippen molar-refractivity contribution in [1.82, 2.24) is 0 Å². The highest BCUT2D eigenvalue weighted by molar-refractivity contribution is 5.44. The van der Waals surface area contributed by atoms with E-state index in [1.54, 1.807) is 14.2 Å². The number of methoxy groups -OCH3 is 2. The Morgan fingerprint density at radius 2 is 1.33 bits per heavy atom. The average molecular weight is 210 g/mol. The maximum absolute atomic E-state index is 5.20. The quantitative estimate of drug-likeness (QED) is 0.757. The lowest BCUT2D eigenvalue weighted by Gasteiger charge is -2.10. The Bertz CT molecular complexity index is 247. The third-order valence-electron chi connectivity index (χ3n) is 1.88. The lowest BCUT2D eigenvalue weighted by Crippen LogP contribution is -1.94. The minimum absolute atomic E-state index is 0.900. The van der Waals surface area contributed by atoms with Gasteiger partial charge in [-0.25, -0.2) is 0 Å². The summed E-state index contributed by atoms with van der Waals surface area (Å²) in [6.07, 6.45) is 2.17. The SMILES string of the molecule is CCC.CCc1c(OC)cccc1OC. The predicted molar refractivity (Wildman–Crippen MR) is 64.9 cm³/mol. The third-order valence-corrected chi connectivity index (χ3v) is 1.88. The lowest BCUT2D eigenvalue weighted by molar-refractivity contribution is 0.386. The second-order valence-corrected chi connectivity index (χ2v) is 3.20. The van der Waals surface area contributed by atoms with Crippen molar-refractivity contribution in [2.75, 3.05) is 14.2 Å². The van der Waals surface area contributed by atoms with Crippen LogP contribution in [0.4, 0.5) is 0 Å². The molecule has 1 rings (SSSR count). The summed E-state index contributed by atoms with van der Waals surface area (Å²) in [5.41, 5.74) is 1.13. The fourth-order valence-electron chi connectivity index (χ4n) is 1.28. The molecule has 2 nitrogen and oxygen atoms in total. The first-order valence-corrected chi connectivity index (χ1v) is 5.44. The molecule has 86 valence electrons. The van der Waals surface area contributed by atoms with Gasteiger partial charge in [-0.3, -0.25) is 0 Å². The number of hydrogen-bond acceptors (Lipinski definition) is 2. The third kappa shape index (κ3) is 4.24. The van der Waals surface area contributed by atoms with Gasteiger partial charge >= 0.3 is 0 Å². The van der Waals surface area contributed by atoms with Gasteiger partial charge < -0.3 is 9.47 Å². The summed E-state index contributed by atoms with van der Waals surface area (Å²) in [5.74, 6) is 1.80. The molecule has 0 aliphatic carbocycles. The van der Waals surface area contributed by atoms with Gasteiger partial charge in [0.25, 0.3) is 0 Å². The summed E-state index contributed by atoms with van der Waals surface area (Å²) >= 11 is 0. The Morgan fingerprint density at radius 3 is 1.60 bits per heavy atom. The molecule has 0 unspecified atom stereocenters.